The second-order valence-electron chi connectivity index (χ2n) is 5.12. The van der Waals surface area contributed by atoms with Gasteiger partial charge in [0.05, 0.1) is 0 Å². The van der Waals surface area contributed by atoms with E-state index in [-0.39, 0.29) is 17.5 Å². The number of carbonyl (C=O) groups excluding carboxylic acids is 2. The number of anilines is 1. The Labute approximate surface area is 126 Å². The molecule has 0 saturated carbocycles. The summed E-state index contributed by atoms with van der Waals surface area (Å²) < 4.78 is 0. The molecule has 1 aromatic heterocycles. The van der Waals surface area contributed by atoms with E-state index in [1.54, 1.807) is 0 Å². The summed E-state index contributed by atoms with van der Waals surface area (Å²) in [7, 11) is 0. The van der Waals surface area contributed by atoms with Gasteiger partial charge < -0.3 is 15.3 Å². The van der Waals surface area contributed by atoms with E-state index in [0.29, 0.717) is 11.7 Å². The molecular weight excluding hydrogens is 294 g/mol. The summed E-state index contributed by atoms with van der Waals surface area (Å²) in [6.45, 7) is 3.60. The summed E-state index contributed by atoms with van der Waals surface area (Å²) in [5.74, 6) is -1.75. The molecule has 21 heavy (non-hydrogen) atoms. The number of carbonyl (C=O) groups is 3. The van der Waals surface area contributed by atoms with Crippen LogP contribution in [0.3, 0.4) is 0 Å². The molecule has 0 bridgehead atoms. The molecule has 0 radical (unpaired) electrons. The SMILES string of the molecule is CC(=O)Nc1nc(C(=O)N2CCCC(C)C2C(=O)O)cs1. The molecule has 114 valence electrons. The molecule has 2 rings (SSSR count). The van der Waals surface area contributed by atoms with Gasteiger partial charge in [-0.2, -0.15) is 0 Å². The average Bonchev–Trinajstić information content (AvgIpc) is 2.84. The molecule has 2 heterocycles. The summed E-state index contributed by atoms with van der Waals surface area (Å²) >= 11 is 1.14. The van der Waals surface area contributed by atoms with Crippen LogP contribution in [-0.4, -0.2) is 45.4 Å². The van der Waals surface area contributed by atoms with Gasteiger partial charge in [-0.05, 0) is 18.8 Å². The quantitative estimate of drug-likeness (QED) is 0.879. The standard InChI is InChI=1S/C13H17N3O4S/c1-7-4-3-5-16(10(7)12(19)20)11(18)9-6-21-13(15-9)14-8(2)17/h6-7,10H,3-5H2,1-2H3,(H,19,20)(H,14,15,17). The summed E-state index contributed by atoms with van der Waals surface area (Å²) in [4.78, 5) is 40.2. The topological polar surface area (TPSA) is 99.6 Å². The first-order valence-electron chi connectivity index (χ1n) is 6.67. The Bertz CT molecular complexity index is 572. The van der Waals surface area contributed by atoms with Crippen molar-refractivity contribution >= 4 is 34.3 Å². The fourth-order valence-electron chi connectivity index (χ4n) is 2.52. The Hall–Kier alpha value is -1.96. The number of hydrogen-bond acceptors (Lipinski definition) is 5. The van der Waals surface area contributed by atoms with E-state index in [2.05, 4.69) is 10.3 Å². The molecule has 0 spiro atoms. The summed E-state index contributed by atoms with van der Waals surface area (Å²) in [6.07, 6.45) is 1.56. The molecule has 8 heteroatoms. The highest BCUT2D eigenvalue weighted by molar-refractivity contribution is 7.14. The summed E-state index contributed by atoms with van der Waals surface area (Å²) in [5.41, 5.74) is 0.170. The van der Waals surface area contributed by atoms with Gasteiger partial charge in [0.1, 0.15) is 11.7 Å². The van der Waals surface area contributed by atoms with Gasteiger partial charge in [-0.3, -0.25) is 9.59 Å². The molecule has 1 aliphatic heterocycles. The fourth-order valence-corrected chi connectivity index (χ4v) is 3.25. The van der Waals surface area contributed by atoms with Gasteiger partial charge in [-0.1, -0.05) is 6.92 Å². The number of nitrogens with one attached hydrogen (secondary N) is 1. The van der Waals surface area contributed by atoms with Crippen LogP contribution in [0.2, 0.25) is 0 Å². The maximum absolute atomic E-state index is 12.5. The van der Waals surface area contributed by atoms with Crippen LogP contribution in [0.1, 0.15) is 37.2 Å². The van der Waals surface area contributed by atoms with E-state index in [1.165, 1.54) is 17.2 Å². The highest BCUT2D eigenvalue weighted by Gasteiger charge is 2.38. The number of carboxylic acids is 1. The number of piperidine rings is 1. The summed E-state index contributed by atoms with van der Waals surface area (Å²) in [5, 5.41) is 13.7. The third-order valence-corrected chi connectivity index (χ3v) is 4.21. The smallest absolute Gasteiger partial charge is 0.326 e. The van der Waals surface area contributed by atoms with Crippen LogP contribution < -0.4 is 5.32 Å². The van der Waals surface area contributed by atoms with Gasteiger partial charge in [-0.25, -0.2) is 9.78 Å². The number of aromatic nitrogens is 1. The van der Waals surface area contributed by atoms with Crippen LogP contribution in [0.5, 0.6) is 0 Å². The van der Waals surface area contributed by atoms with Crippen LogP contribution in [0, 0.1) is 5.92 Å². The van der Waals surface area contributed by atoms with Gasteiger partial charge in [0.25, 0.3) is 5.91 Å². The van der Waals surface area contributed by atoms with Crippen molar-refractivity contribution in [2.75, 3.05) is 11.9 Å². The van der Waals surface area contributed by atoms with E-state index < -0.39 is 17.9 Å². The van der Waals surface area contributed by atoms with Crippen molar-refractivity contribution in [2.45, 2.75) is 32.7 Å². The van der Waals surface area contributed by atoms with Crippen molar-refractivity contribution in [3.05, 3.63) is 11.1 Å². The van der Waals surface area contributed by atoms with Crippen molar-refractivity contribution in [1.82, 2.24) is 9.88 Å². The zero-order valence-electron chi connectivity index (χ0n) is 11.8. The highest BCUT2D eigenvalue weighted by Crippen LogP contribution is 2.26. The van der Waals surface area contributed by atoms with Crippen molar-refractivity contribution in [3.63, 3.8) is 0 Å². The van der Waals surface area contributed by atoms with Crippen LogP contribution in [0.25, 0.3) is 0 Å². The van der Waals surface area contributed by atoms with E-state index in [4.69, 9.17) is 0 Å². The number of nitrogens with zero attached hydrogens (tertiary/aromatic N) is 2. The zero-order valence-corrected chi connectivity index (χ0v) is 12.6. The third-order valence-electron chi connectivity index (χ3n) is 3.45. The molecule has 0 aliphatic carbocycles. The second kappa shape index (κ2) is 6.21. The molecule has 2 unspecified atom stereocenters. The number of hydrogen-bond donors (Lipinski definition) is 2. The van der Waals surface area contributed by atoms with Crippen molar-refractivity contribution < 1.29 is 19.5 Å². The minimum atomic E-state index is -0.993. The normalized spacial score (nSPS) is 21.9. The molecule has 2 amide bonds. The van der Waals surface area contributed by atoms with Crippen LogP contribution in [-0.2, 0) is 9.59 Å². The Morgan fingerprint density at radius 1 is 1.48 bits per heavy atom. The van der Waals surface area contributed by atoms with E-state index in [1.807, 2.05) is 6.92 Å². The molecule has 1 aromatic rings. The first kappa shape index (κ1) is 15.4. The predicted molar refractivity (Wildman–Crippen MR) is 77.3 cm³/mol. The number of thiazole rings is 1. The Kier molecular flexibility index (Phi) is 4.56. The molecule has 1 saturated heterocycles. The maximum Gasteiger partial charge on any atom is 0.326 e. The van der Waals surface area contributed by atoms with Gasteiger partial charge in [-0.15, -0.1) is 11.3 Å². The lowest BCUT2D eigenvalue weighted by molar-refractivity contribution is -0.145. The van der Waals surface area contributed by atoms with Crippen molar-refractivity contribution in [2.24, 2.45) is 5.92 Å². The van der Waals surface area contributed by atoms with E-state index in [0.717, 1.165) is 24.2 Å². The largest absolute Gasteiger partial charge is 0.480 e. The highest BCUT2D eigenvalue weighted by atomic mass is 32.1. The summed E-state index contributed by atoms with van der Waals surface area (Å²) in [6, 6.07) is -0.822. The third kappa shape index (κ3) is 3.38. The van der Waals surface area contributed by atoms with Gasteiger partial charge in [0, 0.05) is 18.8 Å². The number of carboxylic acid groups (broad SMARTS) is 1. The molecule has 2 atom stereocenters. The van der Waals surface area contributed by atoms with Crippen LogP contribution in [0.4, 0.5) is 5.13 Å². The number of rotatable bonds is 3. The van der Waals surface area contributed by atoms with Gasteiger partial charge in [0.2, 0.25) is 5.91 Å². The van der Waals surface area contributed by atoms with Crippen molar-refractivity contribution in [1.29, 1.82) is 0 Å². The van der Waals surface area contributed by atoms with Crippen LogP contribution in [0.15, 0.2) is 5.38 Å². The predicted octanol–water partition coefficient (Wildman–Crippen LogP) is 1.43. The minimum absolute atomic E-state index is 0.0892. The lowest BCUT2D eigenvalue weighted by Gasteiger charge is -2.36. The lowest BCUT2D eigenvalue weighted by Crippen LogP contribution is -2.52. The fraction of sp³-hybridized carbons (Fsp3) is 0.538. The Balaban J connectivity index is 2.19. The Morgan fingerprint density at radius 2 is 2.19 bits per heavy atom. The van der Waals surface area contributed by atoms with Crippen LogP contribution >= 0.6 is 11.3 Å². The second-order valence-corrected chi connectivity index (χ2v) is 5.98. The molecule has 0 aromatic carbocycles. The Morgan fingerprint density at radius 3 is 2.81 bits per heavy atom. The van der Waals surface area contributed by atoms with Gasteiger partial charge in [0.15, 0.2) is 5.13 Å². The monoisotopic (exact) mass is 311 g/mol. The first-order chi connectivity index (χ1) is 9.90. The van der Waals surface area contributed by atoms with Crippen molar-refractivity contribution in [3.8, 4) is 0 Å². The minimum Gasteiger partial charge on any atom is -0.480 e. The number of amides is 2. The molecule has 2 N–H and O–H groups in total. The zero-order chi connectivity index (χ0) is 15.6. The van der Waals surface area contributed by atoms with E-state index in [9.17, 15) is 19.5 Å². The first-order valence-corrected chi connectivity index (χ1v) is 7.55. The molecule has 7 nitrogen and oxygen atoms in total. The van der Waals surface area contributed by atoms with E-state index >= 15 is 0 Å². The van der Waals surface area contributed by atoms with Gasteiger partial charge >= 0.3 is 5.97 Å². The molecule has 1 fully saturated rings. The number of aliphatic carboxylic acids is 1. The maximum atomic E-state index is 12.5. The lowest BCUT2D eigenvalue weighted by atomic mass is 9.90. The molecular formula is C13H17N3O4S. The average molecular weight is 311 g/mol. The molecule has 1 aliphatic rings. The number of likely N-dealkylation sites (tertiary alicyclic amines) is 1.